The quantitative estimate of drug-likeness (QED) is 0.361. The fraction of sp³-hybridized carbons (Fsp3) is 0.357. The van der Waals surface area contributed by atoms with Gasteiger partial charge in [0.1, 0.15) is 0 Å². The Hall–Kier alpha value is -1.86. The number of hydrogen-bond donors (Lipinski definition) is 0. The van der Waals surface area contributed by atoms with Crippen LogP contribution in [-0.2, 0) is 5.41 Å². The first-order chi connectivity index (χ1) is 14.2. The predicted molar refractivity (Wildman–Crippen MR) is 123 cm³/mol. The monoisotopic (exact) mass is 440 g/mol. The van der Waals surface area contributed by atoms with E-state index in [1.54, 1.807) is 11.1 Å². The van der Waals surface area contributed by atoms with Crippen LogP contribution in [-0.4, -0.2) is 0 Å². The fourth-order valence-electron chi connectivity index (χ4n) is 7.97. The summed E-state index contributed by atoms with van der Waals surface area (Å²) in [7, 11) is 0. The minimum absolute atomic E-state index is 0.269. The highest BCUT2D eigenvalue weighted by molar-refractivity contribution is 9.10. The zero-order chi connectivity index (χ0) is 19.2. The second-order valence-corrected chi connectivity index (χ2v) is 10.9. The van der Waals surface area contributed by atoms with Crippen LogP contribution < -0.4 is 0 Å². The maximum absolute atomic E-state index is 3.59. The first-order valence-corrected chi connectivity index (χ1v) is 12.0. The number of hydrogen-bond acceptors (Lipinski definition) is 0. The van der Waals surface area contributed by atoms with Gasteiger partial charge < -0.3 is 0 Å². The van der Waals surface area contributed by atoms with Gasteiger partial charge in [0.15, 0.2) is 0 Å². The van der Waals surface area contributed by atoms with Crippen LogP contribution in [0.3, 0.4) is 0 Å². The van der Waals surface area contributed by atoms with Gasteiger partial charge in [-0.1, -0.05) is 64.5 Å². The Morgan fingerprint density at radius 3 is 1.97 bits per heavy atom. The van der Waals surface area contributed by atoms with E-state index in [9.17, 15) is 0 Å². The van der Waals surface area contributed by atoms with E-state index in [0.717, 1.165) is 28.1 Å². The van der Waals surface area contributed by atoms with Crippen LogP contribution in [0.1, 0.15) is 43.2 Å². The highest BCUT2D eigenvalue weighted by Gasteiger charge is 2.61. The Morgan fingerprint density at radius 1 is 0.621 bits per heavy atom. The van der Waals surface area contributed by atoms with Crippen molar-refractivity contribution in [2.24, 2.45) is 23.7 Å². The highest BCUT2D eigenvalue weighted by Crippen LogP contribution is 2.69. The molecule has 0 N–H and O–H groups in total. The van der Waals surface area contributed by atoms with Crippen molar-refractivity contribution in [3.05, 3.63) is 82.3 Å². The Bertz CT molecular complexity index is 1100. The summed E-state index contributed by atoms with van der Waals surface area (Å²) in [5, 5.41) is 0. The molecule has 4 bridgehead atoms. The standard InChI is InChI=1S/C28H25Br/c29-23-8-5-19(6-9-23)20-7-10-25-24-3-1-2-4-26(24)28(27(25)16-20)21-12-17-11-18(14-21)15-22(28)13-17/h1-10,16-18,21-22H,11-15H2. The summed E-state index contributed by atoms with van der Waals surface area (Å²) in [4.78, 5) is 0. The van der Waals surface area contributed by atoms with Crippen molar-refractivity contribution in [2.75, 3.05) is 0 Å². The molecule has 0 unspecified atom stereocenters. The van der Waals surface area contributed by atoms with Gasteiger partial charge in [-0.15, -0.1) is 0 Å². The van der Waals surface area contributed by atoms with Crippen molar-refractivity contribution in [2.45, 2.75) is 37.5 Å². The van der Waals surface area contributed by atoms with Gasteiger partial charge in [-0.25, -0.2) is 0 Å². The predicted octanol–water partition coefficient (Wildman–Crippen LogP) is 7.84. The van der Waals surface area contributed by atoms with Crippen molar-refractivity contribution in [1.29, 1.82) is 0 Å². The molecule has 0 amide bonds. The average Bonchev–Trinajstić information content (AvgIpc) is 3.03. The molecule has 1 spiro atoms. The van der Waals surface area contributed by atoms with Crippen LogP contribution in [0.25, 0.3) is 22.3 Å². The van der Waals surface area contributed by atoms with Crippen LogP contribution in [0.4, 0.5) is 0 Å². The van der Waals surface area contributed by atoms with Gasteiger partial charge in [0.05, 0.1) is 0 Å². The minimum atomic E-state index is 0.269. The first kappa shape index (κ1) is 16.9. The molecule has 4 fully saturated rings. The van der Waals surface area contributed by atoms with Gasteiger partial charge in [-0.3, -0.25) is 0 Å². The largest absolute Gasteiger partial charge is 0.0619 e. The molecule has 8 rings (SSSR count). The lowest BCUT2D eigenvalue weighted by Crippen LogP contribution is -2.55. The van der Waals surface area contributed by atoms with Gasteiger partial charge in [0.2, 0.25) is 0 Å². The molecule has 0 aliphatic heterocycles. The zero-order valence-corrected chi connectivity index (χ0v) is 18.2. The van der Waals surface area contributed by atoms with Crippen LogP contribution in [0.5, 0.6) is 0 Å². The van der Waals surface area contributed by atoms with Crippen molar-refractivity contribution in [1.82, 2.24) is 0 Å². The molecule has 1 heteroatoms. The third kappa shape index (κ3) is 2.15. The molecule has 0 heterocycles. The second kappa shape index (κ2) is 5.85. The van der Waals surface area contributed by atoms with E-state index in [2.05, 4.69) is 82.7 Å². The molecule has 144 valence electrons. The summed E-state index contributed by atoms with van der Waals surface area (Å²) in [6.07, 6.45) is 7.30. The van der Waals surface area contributed by atoms with E-state index in [1.807, 2.05) is 0 Å². The molecule has 4 saturated carbocycles. The Balaban J connectivity index is 1.48. The molecule has 0 aromatic heterocycles. The first-order valence-electron chi connectivity index (χ1n) is 11.2. The van der Waals surface area contributed by atoms with Gasteiger partial charge in [-0.05, 0) is 107 Å². The maximum atomic E-state index is 3.59. The molecular weight excluding hydrogens is 416 g/mol. The maximum Gasteiger partial charge on any atom is 0.0272 e. The van der Waals surface area contributed by atoms with Crippen molar-refractivity contribution >= 4 is 15.9 Å². The van der Waals surface area contributed by atoms with E-state index >= 15 is 0 Å². The number of halogens is 1. The van der Waals surface area contributed by atoms with Crippen molar-refractivity contribution in [3.8, 4) is 22.3 Å². The summed E-state index contributed by atoms with van der Waals surface area (Å²) in [6.45, 7) is 0. The Kier molecular flexibility index (Phi) is 3.41. The summed E-state index contributed by atoms with van der Waals surface area (Å²) in [5.41, 5.74) is 9.28. The summed E-state index contributed by atoms with van der Waals surface area (Å²) in [5.74, 6) is 3.66. The smallest absolute Gasteiger partial charge is 0.0272 e. The van der Waals surface area contributed by atoms with E-state index < -0.39 is 0 Å². The Labute approximate surface area is 181 Å². The SMILES string of the molecule is Brc1ccc(-c2ccc3c(c2)C2(c4ccccc4-3)C3CC4CC(C3)CC2C4)cc1. The molecular formula is C28H25Br. The van der Waals surface area contributed by atoms with E-state index in [4.69, 9.17) is 0 Å². The lowest BCUT2D eigenvalue weighted by atomic mass is 9.43. The topological polar surface area (TPSA) is 0 Å². The second-order valence-electron chi connectivity index (χ2n) is 9.99. The third-order valence-corrected chi connectivity index (χ3v) is 9.26. The van der Waals surface area contributed by atoms with E-state index in [-0.39, 0.29) is 5.41 Å². The summed E-state index contributed by atoms with van der Waals surface area (Å²) < 4.78 is 1.15. The molecule has 0 saturated heterocycles. The molecule has 0 nitrogen and oxygen atoms in total. The number of fused-ring (bicyclic) bond motifs is 3. The lowest BCUT2D eigenvalue weighted by molar-refractivity contribution is -0.0399. The van der Waals surface area contributed by atoms with E-state index in [0.29, 0.717) is 0 Å². The van der Waals surface area contributed by atoms with Crippen LogP contribution >= 0.6 is 15.9 Å². The van der Waals surface area contributed by atoms with Gasteiger partial charge in [0, 0.05) is 9.89 Å². The molecule has 0 atom stereocenters. The zero-order valence-electron chi connectivity index (χ0n) is 16.6. The lowest BCUT2D eigenvalue weighted by Gasteiger charge is -2.61. The average molecular weight is 441 g/mol. The van der Waals surface area contributed by atoms with Crippen molar-refractivity contribution < 1.29 is 0 Å². The number of benzene rings is 3. The van der Waals surface area contributed by atoms with Gasteiger partial charge >= 0.3 is 0 Å². The molecule has 29 heavy (non-hydrogen) atoms. The van der Waals surface area contributed by atoms with Crippen LogP contribution in [0.2, 0.25) is 0 Å². The summed E-state index contributed by atoms with van der Waals surface area (Å²) >= 11 is 3.59. The van der Waals surface area contributed by atoms with Crippen molar-refractivity contribution in [3.63, 3.8) is 0 Å². The van der Waals surface area contributed by atoms with Crippen LogP contribution in [0.15, 0.2) is 71.2 Å². The van der Waals surface area contributed by atoms with E-state index in [1.165, 1.54) is 54.4 Å². The molecule has 5 aliphatic rings. The fourth-order valence-corrected chi connectivity index (χ4v) is 8.24. The van der Waals surface area contributed by atoms with Gasteiger partial charge in [-0.2, -0.15) is 0 Å². The minimum Gasteiger partial charge on any atom is -0.0619 e. The number of rotatable bonds is 1. The molecule has 0 radical (unpaired) electrons. The Morgan fingerprint density at radius 2 is 1.24 bits per heavy atom. The van der Waals surface area contributed by atoms with Crippen LogP contribution in [0, 0.1) is 23.7 Å². The normalized spacial score (nSPS) is 33.1. The summed E-state index contributed by atoms with van der Waals surface area (Å²) in [6, 6.07) is 25.5. The molecule has 5 aliphatic carbocycles. The molecule has 3 aromatic carbocycles. The van der Waals surface area contributed by atoms with Gasteiger partial charge in [0.25, 0.3) is 0 Å². The molecule has 3 aromatic rings. The third-order valence-electron chi connectivity index (χ3n) is 8.73. The highest BCUT2D eigenvalue weighted by atomic mass is 79.9.